The second-order valence-corrected chi connectivity index (χ2v) is 8.71. The molecular formula is C22H31N9O2. The minimum atomic E-state index is 0.250. The Hall–Kier alpha value is -3.18. The molecule has 1 amide bonds. The normalized spacial score (nSPS) is 18.8. The summed E-state index contributed by atoms with van der Waals surface area (Å²) in [6.45, 7) is 6.40. The molecule has 6 rings (SSSR count). The van der Waals surface area contributed by atoms with Gasteiger partial charge in [-0.1, -0.05) is 0 Å². The molecule has 1 saturated carbocycles. The number of carbonyl (C=O) groups is 1. The lowest BCUT2D eigenvalue weighted by Gasteiger charge is -2.26. The summed E-state index contributed by atoms with van der Waals surface area (Å²) in [5, 5.41) is 16.0. The third kappa shape index (κ3) is 4.93. The zero-order valence-corrected chi connectivity index (χ0v) is 18.7. The predicted octanol–water partition coefficient (Wildman–Crippen LogP) is 1.61. The Balaban J connectivity index is 0.000000724. The molecule has 2 saturated heterocycles. The van der Waals surface area contributed by atoms with Crippen LogP contribution in [-0.2, 0) is 16.1 Å². The molecule has 0 aromatic carbocycles. The standard InChI is InChI=1S/C21H28N8O.CH3NO/c1-2-8-28(7-1)21-23-20(22-19-13-17(24-25-19)15-3-4-15)18-6-5-16(29(18)26-21)14-27-9-11-30-12-10-27;2-1-3/h5-6,13,15H,1-4,7-12,14H2,(H2,22,23,24,25,26);1H,(H2,2,3). The number of amides is 1. The number of aromatic nitrogens is 5. The summed E-state index contributed by atoms with van der Waals surface area (Å²) in [4.78, 5) is 18.2. The second-order valence-electron chi connectivity index (χ2n) is 8.71. The van der Waals surface area contributed by atoms with Crippen LogP contribution in [0.4, 0.5) is 17.6 Å². The van der Waals surface area contributed by atoms with Crippen LogP contribution in [0.3, 0.4) is 0 Å². The molecule has 11 nitrogen and oxygen atoms in total. The number of fused-ring (bicyclic) bond motifs is 1. The van der Waals surface area contributed by atoms with E-state index in [-0.39, 0.29) is 6.41 Å². The number of aromatic amines is 1. The van der Waals surface area contributed by atoms with Crippen molar-refractivity contribution in [1.29, 1.82) is 0 Å². The Kier molecular flexibility index (Phi) is 6.40. The Morgan fingerprint density at radius 2 is 1.94 bits per heavy atom. The Morgan fingerprint density at radius 1 is 1.18 bits per heavy atom. The van der Waals surface area contributed by atoms with Gasteiger partial charge in [0.15, 0.2) is 11.6 Å². The van der Waals surface area contributed by atoms with E-state index in [0.29, 0.717) is 5.92 Å². The van der Waals surface area contributed by atoms with Crippen LogP contribution >= 0.6 is 0 Å². The summed E-state index contributed by atoms with van der Waals surface area (Å²) in [5.74, 6) is 3.07. The van der Waals surface area contributed by atoms with Crippen LogP contribution in [0, 0.1) is 0 Å². The smallest absolute Gasteiger partial charge is 0.245 e. The van der Waals surface area contributed by atoms with Gasteiger partial charge in [0.25, 0.3) is 0 Å². The van der Waals surface area contributed by atoms with E-state index in [9.17, 15) is 0 Å². The number of ether oxygens (including phenoxy) is 1. The molecule has 4 N–H and O–H groups in total. The Bertz CT molecular complexity index is 1080. The average Bonchev–Trinajstić information content (AvgIpc) is 3.20. The summed E-state index contributed by atoms with van der Waals surface area (Å²) in [7, 11) is 0. The first-order valence-electron chi connectivity index (χ1n) is 11.7. The molecule has 33 heavy (non-hydrogen) atoms. The van der Waals surface area contributed by atoms with E-state index >= 15 is 0 Å². The van der Waals surface area contributed by atoms with E-state index in [1.54, 1.807) is 0 Å². The topological polar surface area (TPSA) is 130 Å². The van der Waals surface area contributed by atoms with Gasteiger partial charge >= 0.3 is 0 Å². The van der Waals surface area contributed by atoms with Gasteiger partial charge in [-0.15, -0.1) is 5.10 Å². The summed E-state index contributed by atoms with van der Waals surface area (Å²) < 4.78 is 7.56. The molecule has 1 aliphatic carbocycles. The fourth-order valence-corrected chi connectivity index (χ4v) is 4.41. The monoisotopic (exact) mass is 453 g/mol. The van der Waals surface area contributed by atoms with Crippen molar-refractivity contribution in [3.8, 4) is 0 Å². The van der Waals surface area contributed by atoms with Crippen LogP contribution in [0.15, 0.2) is 18.2 Å². The maximum absolute atomic E-state index is 8.58. The van der Waals surface area contributed by atoms with Gasteiger partial charge in [0.05, 0.1) is 18.9 Å². The highest BCUT2D eigenvalue weighted by Gasteiger charge is 2.26. The third-order valence-corrected chi connectivity index (χ3v) is 6.32. The van der Waals surface area contributed by atoms with Crippen LogP contribution in [0.1, 0.15) is 43.0 Å². The molecule has 3 fully saturated rings. The van der Waals surface area contributed by atoms with Crippen molar-refractivity contribution in [2.75, 3.05) is 49.6 Å². The molecule has 0 bridgehead atoms. The number of nitrogens with zero attached hydrogens (tertiary/aromatic N) is 6. The van der Waals surface area contributed by atoms with E-state index in [1.165, 1.54) is 37.1 Å². The van der Waals surface area contributed by atoms with Gasteiger partial charge in [0, 0.05) is 50.4 Å². The van der Waals surface area contributed by atoms with Crippen LogP contribution in [0.5, 0.6) is 0 Å². The van der Waals surface area contributed by atoms with Crippen molar-refractivity contribution >= 4 is 29.5 Å². The average molecular weight is 454 g/mol. The quantitative estimate of drug-likeness (QED) is 0.480. The fraction of sp³-hybridized carbons (Fsp3) is 0.545. The lowest BCUT2D eigenvalue weighted by atomic mass is 10.3. The summed E-state index contributed by atoms with van der Waals surface area (Å²) in [6.07, 6.45) is 5.14. The molecule has 0 radical (unpaired) electrons. The van der Waals surface area contributed by atoms with Gasteiger partial charge < -0.3 is 20.7 Å². The molecule has 2 aliphatic heterocycles. The molecule has 0 unspecified atom stereocenters. The number of nitrogens with one attached hydrogen (secondary N) is 2. The number of anilines is 3. The lowest BCUT2D eigenvalue weighted by Crippen LogP contribution is -2.36. The fourth-order valence-electron chi connectivity index (χ4n) is 4.41. The molecule has 0 spiro atoms. The molecule has 3 aliphatic rings. The van der Waals surface area contributed by atoms with Crippen molar-refractivity contribution in [3.05, 3.63) is 29.6 Å². The van der Waals surface area contributed by atoms with Crippen molar-refractivity contribution in [1.82, 2.24) is 29.7 Å². The Labute approximate surface area is 192 Å². The molecule has 3 aromatic rings. The van der Waals surface area contributed by atoms with Gasteiger partial charge in [-0.05, 0) is 37.8 Å². The van der Waals surface area contributed by atoms with E-state index in [0.717, 1.165) is 69.0 Å². The first kappa shape index (κ1) is 21.7. The number of carbonyl (C=O) groups excluding carboxylic acids is 1. The maximum Gasteiger partial charge on any atom is 0.245 e. The van der Waals surface area contributed by atoms with E-state index in [1.807, 2.05) is 0 Å². The van der Waals surface area contributed by atoms with E-state index in [4.69, 9.17) is 19.6 Å². The molecule has 5 heterocycles. The van der Waals surface area contributed by atoms with Gasteiger partial charge in [-0.2, -0.15) is 10.1 Å². The van der Waals surface area contributed by atoms with Gasteiger partial charge in [-0.3, -0.25) is 14.8 Å². The molecule has 3 aromatic heterocycles. The number of primary amides is 1. The first-order valence-corrected chi connectivity index (χ1v) is 11.7. The lowest BCUT2D eigenvalue weighted by molar-refractivity contribution is -0.106. The minimum absolute atomic E-state index is 0.250. The molecule has 176 valence electrons. The summed E-state index contributed by atoms with van der Waals surface area (Å²) in [5.41, 5.74) is 7.54. The number of hydrogen-bond acceptors (Lipinski definition) is 8. The SMILES string of the molecule is NC=O.c1c(Nc2nc(N3CCCC3)nn3c(CN4CCOCC4)ccc23)n[nH]c1C1CC1. The largest absolute Gasteiger partial charge is 0.379 e. The van der Waals surface area contributed by atoms with E-state index < -0.39 is 0 Å². The zero-order chi connectivity index (χ0) is 22.6. The van der Waals surface area contributed by atoms with Gasteiger partial charge in [-0.25, -0.2) is 4.52 Å². The van der Waals surface area contributed by atoms with Crippen molar-refractivity contribution < 1.29 is 9.53 Å². The number of morpholine rings is 1. The summed E-state index contributed by atoms with van der Waals surface area (Å²) in [6, 6.07) is 6.39. The van der Waals surface area contributed by atoms with E-state index in [2.05, 4.69) is 53.8 Å². The first-order chi connectivity index (χ1) is 16.2. The van der Waals surface area contributed by atoms with Crippen molar-refractivity contribution in [3.63, 3.8) is 0 Å². The second kappa shape index (κ2) is 9.75. The highest BCUT2D eigenvalue weighted by atomic mass is 16.5. The zero-order valence-electron chi connectivity index (χ0n) is 18.7. The predicted molar refractivity (Wildman–Crippen MR) is 125 cm³/mol. The maximum atomic E-state index is 8.58. The van der Waals surface area contributed by atoms with Crippen LogP contribution in [0.25, 0.3) is 5.52 Å². The highest BCUT2D eigenvalue weighted by molar-refractivity contribution is 5.73. The van der Waals surface area contributed by atoms with Crippen molar-refractivity contribution in [2.45, 2.75) is 38.1 Å². The highest BCUT2D eigenvalue weighted by Crippen LogP contribution is 2.39. The molecule has 11 heteroatoms. The van der Waals surface area contributed by atoms with Gasteiger partial charge in [0.2, 0.25) is 12.4 Å². The summed E-state index contributed by atoms with van der Waals surface area (Å²) >= 11 is 0. The van der Waals surface area contributed by atoms with Crippen LogP contribution in [-0.4, -0.2) is 75.5 Å². The number of H-pyrrole nitrogens is 1. The number of nitrogens with two attached hydrogens (primary N) is 1. The van der Waals surface area contributed by atoms with Crippen LogP contribution in [0.2, 0.25) is 0 Å². The van der Waals surface area contributed by atoms with Gasteiger partial charge in [0.1, 0.15) is 5.52 Å². The minimum Gasteiger partial charge on any atom is -0.379 e. The third-order valence-electron chi connectivity index (χ3n) is 6.32. The number of hydrogen-bond donors (Lipinski definition) is 3. The number of rotatable bonds is 6. The Morgan fingerprint density at radius 3 is 2.67 bits per heavy atom. The van der Waals surface area contributed by atoms with Crippen molar-refractivity contribution in [2.24, 2.45) is 5.73 Å². The molecular weight excluding hydrogens is 422 g/mol. The molecule has 0 atom stereocenters. The van der Waals surface area contributed by atoms with Crippen LogP contribution < -0.4 is 16.0 Å².